The van der Waals surface area contributed by atoms with Crippen LogP contribution in [0.2, 0.25) is 0 Å². The first-order valence-corrected chi connectivity index (χ1v) is 14.3. The molecule has 1 fully saturated rings. The number of carbonyl (C=O) groups is 3. The number of carbonyl (C=O) groups excluding carboxylic acids is 3. The summed E-state index contributed by atoms with van der Waals surface area (Å²) in [5.74, 6) is -0.331. The van der Waals surface area contributed by atoms with Gasteiger partial charge in [-0.25, -0.2) is 4.79 Å². The smallest absolute Gasteiger partial charge is 0.411 e. The van der Waals surface area contributed by atoms with E-state index in [1.807, 2.05) is 67.6 Å². The van der Waals surface area contributed by atoms with Gasteiger partial charge in [0.15, 0.2) is 0 Å². The lowest BCUT2D eigenvalue weighted by molar-refractivity contribution is 0.0580. The van der Waals surface area contributed by atoms with Crippen molar-refractivity contribution >= 4 is 23.6 Å². The van der Waals surface area contributed by atoms with E-state index in [-0.39, 0.29) is 17.9 Å². The number of anilines is 1. The number of likely N-dealkylation sites (tertiary alicyclic amines) is 1. The molecular weight excluding hydrogens is 502 g/mol. The van der Waals surface area contributed by atoms with E-state index in [0.29, 0.717) is 17.7 Å². The third-order valence-corrected chi connectivity index (χ3v) is 7.79. The van der Waals surface area contributed by atoms with Gasteiger partial charge in [-0.2, -0.15) is 0 Å². The number of nitrogens with zero attached hydrogens (tertiary/aromatic N) is 2. The minimum Gasteiger partial charge on any atom is -0.446 e. The van der Waals surface area contributed by atoms with Gasteiger partial charge in [-0.1, -0.05) is 73.0 Å². The molecule has 1 N–H and O–H groups in total. The van der Waals surface area contributed by atoms with E-state index in [4.69, 9.17) is 4.74 Å². The van der Waals surface area contributed by atoms with E-state index >= 15 is 0 Å². The predicted octanol–water partition coefficient (Wildman–Crippen LogP) is 6.53. The molecule has 0 unspecified atom stereocenters. The second kappa shape index (κ2) is 12.9. The van der Waals surface area contributed by atoms with Crippen LogP contribution in [0, 0.1) is 6.92 Å². The predicted molar refractivity (Wildman–Crippen MR) is 156 cm³/mol. The maximum Gasteiger partial charge on any atom is 0.411 e. The van der Waals surface area contributed by atoms with Crippen LogP contribution in [-0.2, 0) is 4.74 Å². The molecule has 0 atom stereocenters. The number of benzene rings is 3. The molecule has 40 heavy (non-hydrogen) atoms. The van der Waals surface area contributed by atoms with Gasteiger partial charge in [-0.3, -0.25) is 19.8 Å². The number of aryl methyl sites for hydroxylation is 1. The van der Waals surface area contributed by atoms with Crippen LogP contribution in [0.5, 0.6) is 0 Å². The molecular formula is C33H37N3O4. The van der Waals surface area contributed by atoms with Gasteiger partial charge in [0.05, 0.1) is 16.8 Å². The third-order valence-electron chi connectivity index (χ3n) is 7.79. The molecule has 3 aromatic rings. The number of rotatable bonds is 10. The Bertz CT molecular complexity index is 1350. The van der Waals surface area contributed by atoms with Gasteiger partial charge in [0.1, 0.15) is 6.10 Å². The largest absolute Gasteiger partial charge is 0.446 e. The highest BCUT2D eigenvalue weighted by atomic mass is 16.6. The second-order valence-electron chi connectivity index (χ2n) is 10.7. The van der Waals surface area contributed by atoms with E-state index in [2.05, 4.69) is 10.2 Å². The van der Waals surface area contributed by atoms with Crippen LogP contribution in [0.4, 0.5) is 10.5 Å². The number of unbranched alkanes of at least 4 members (excludes halogenated alkanes) is 3. The maximum atomic E-state index is 12.6. The number of para-hydroxylation sites is 1. The molecule has 0 aliphatic carbocycles. The summed E-state index contributed by atoms with van der Waals surface area (Å²) < 4.78 is 5.75. The van der Waals surface area contributed by atoms with Gasteiger partial charge in [0, 0.05) is 25.2 Å². The van der Waals surface area contributed by atoms with Gasteiger partial charge in [-0.15, -0.1) is 0 Å². The number of amides is 3. The minimum atomic E-state index is -0.407. The highest BCUT2D eigenvalue weighted by Gasteiger charge is 2.34. The lowest BCUT2D eigenvalue weighted by Crippen LogP contribution is -2.38. The highest BCUT2D eigenvalue weighted by Crippen LogP contribution is 2.28. The first kappa shape index (κ1) is 27.6. The van der Waals surface area contributed by atoms with Crippen LogP contribution >= 0.6 is 0 Å². The number of hydrogen-bond donors (Lipinski definition) is 1. The Hall–Kier alpha value is -3.97. The Labute approximate surface area is 236 Å². The average Bonchev–Trinajstić information content (AvgIpc) is 3.20. The van der Waals surface area contributed by atoms with Gasteiger partial charge in [0.2, 0.25) is 0 Å². The van der Waals surface area contributed by atoms with E-state index in [0.717, 1.165) is 80.5 Å². The van der Waals surface area contributed by atoms with Crippen molar-refractivity contribution in [3.8, 4) is 11.1 Å². The summed E-state index contributed by atoms with van der Waals surface area (Å²) >= 11 is 0. The standard InChI is InChI=1S/C33H37N3O4/c1-24-15-16-28-29(23-24)32(38)36(31(28)37)20-10-3-2-9-19-35-21-17-26(18-22-35)40-33(39)34-30-14-8-7-13-27(30)25-11-5-4-6-12-25/h4-8,11-16,23,26H,2-3,9-10,17-22H2,1H3,(H,34,39). The van der Waals surface area contributed by atoms with Crippen molar-refractivity contribution in [3.63, 3.8) is 0 Å². The molecule has 5 rings (SSSR count). The van der Waals surface area contributed by atoms with Crippen molar-refractivity contribution in [2.24, 2.45) is 0 Å². The summed E-state index contributed by atoms with van der Waals surface area (Å²) in [6.45, 7) is 5.24. The van der Waals surface area contributed by atoms with Crippen molar-refractivity contribution in [1.82, 2.24) is 9.80 Å². The summed E-state index contributed by atoms with van der Waals surface area (Å²) in [6.07, 6.45) is 5.10. The molecule has 0 bridgehead atoms. The lowest BCUT2D eigenvalue weighted by atomic mass is 10.0. The molecule has 0 aromatic heterocycles. The van der Waals surface area contributed by atoms with E-state index in [1.165, 1.54) is 4.90 Å². The average molecular weight is 540 g/mol. The van der Waals surface area contributed by atoms with Crippen LogP contribution in [0.15, 0.2) is 72.8 Å². The van der Waals surface area contributed by atoms with Crippen LogP contribution in [0.25, 0.3) is 11.1 Å². The van der Waals surface area contributed by atoms with Crippen LogP contribution < -0.4 is 5.32 Å². The Morgan fingerprint density at radius 1 is 0.800 bits per heavy atom. The molecule has 0 spiro atoms. The van der Waals surface area contributed by atoms with Crippen LogP contribution in [-0.4, -0.2) is 60.0 Å². The van der Waals surface area contributed by atoms with Crippen LogP contribution in [0.1, 0.15) is 64.8 Å². The molecule has 2 heterocycles. The molecule has 0 saturated carbocycles. The minimum absolute atomic E-state index is 0.0800. The summed E-state index contributed by atoms with van der Waals surface area (Å²) in [4.78, 5) is 41.6. The molecule has 208 valence electrons. The molecule has 2 aliphatic rings. The second-order valence-corrected chi connectivity index (χ2v) is 10.7. The number of fused-ring (bicyclic) bond motifs is 1. The summed E-state index contributed by atoms with van der Waals surface area (Å²) in [7, 11) is 0. The molecule has 3 aromatic carbocycles. The maximum absolute atomic E-state index is 12.6. The Kier molecular flexibility index (Phi) is 8.91. The van der Waals surface area contributed by atoms with Crippen molar-refractivity contribution < 1.29 is 19.1 Å². The zero-order valence-electron chi connectivity index (χ0n) is 23.1. The van der Waals surface area contributed by atoms with E-state index < -0.39 is 6.09 Å². The summed E-state index contributed by atoms with van der Waals surface area (Å²) in [5, 5.41) is 2.93. The van der Waals surface area contributed by atoms with E-state index in [9.17, 15) is 14.4 Å². The van der Waals surface area contributed by atoms with Gasteiger partial charge < -0.3 is 9.64 Å². The normalized spacial score (nSPS) is 15.8. The van der Waals surface area contributed by atoms with Crippen LogP contribution in [0.3, 0.4) is 0 Å². The Morgan fingerprint density at radius 2 is 1.48 bits per heavy atom. The molecule has 1 saturated heterocycles. The SMILES string of the molecule is Cc1ccc2c(c1)C(=O)N(CCCCCCN1CCC(OC(=O)Nc3ccccc3-c3ccccc3)CC1)C2=O. The Morgan fingerprint density at radius 3 is 2.25 bits per heavy atom. The molecule has 7 heteroatoms. The zero-order valence-corrected chi connectivity index (χ0v) is 23.1. The monoisotopic (exact) mass is 539 g/mol. The lowest BCUT2D eigenvalue weighted by Gasteiger charge is -2.31. The summed E-state index contributed by atoms with van der Waals surface area (Å²) in [6, 6.07) is 23.2. The molecule has 7 nitrogen and oxygen atoms in total. The quantitative estimate of drug-likeness (QED) is 0.234. The first-order valence-electron chi connectivity index (χ1n) is 14.3. The van der Waals surface area contributed by atoms with Crippen molar-refractivity contribution in [2.75, 3.05) is 31.5 Å². The molecule has 2 aliphatic heterocycles. The van der Waals surface area contributed by atoms with Gasteiger partial charge in [-0.05, 0) is 62.9 Å². The van der Waals surface area contributed by atoms with Gasteiger partial charge >= 0.3 is 6.09 Å². The fourth-order valence-corrected chi connectivity index (χ4v) is 5.57. The fourth-order valence-electron chi connectivity index (χ4n) is 5.57. The number of piperidine rings is 1. The zero-order chi connectivity index (χ0) is 27.9. The van der Waals surface area contributed by atoms with Crippen molar-refractivity contribution in [2.45, 2.75) is 51.6 Å². The van der Waals surface area contributed by atoms with E-state index in [1.54, 1.807) is 12.1 Å². The number of imide groups is 1. The number of ether oxygens (including phenoxy) is 1. The van der Waals surface area contributed by atoms with Crippen molar-refractivity contribution in [1.29, 1.82) is 0 Å². The molecule has 3 amide bonds. The highest BCUT2D eigenvalue weighted by molar-refractivity contribution is 6.21. The topological polar surface area (TPSA) is 79.0 Å². The first-order chi connectivity index (χ1) is 19.5. The Balaban J connectivity index is 0.970. The summed E-state index contributed by atoms with van der Waals surface area (Å²) in [5.41, 5.74) is 4.81. The van der Waals surface area contributed by atoms with Crippen molar-refractivity contribution in [3.05, 3.63) is 89.5 Å². The molecule has 0 radical (unpaired) electrons. The third kappa shape index (κ3) is 6.59. The van der Waals surface area contributed by atoms with Gasteiger partial charge in [0.25, 0.3) is 11.8 Å². The number of hydrogen-bond acceptors (Lipinski definition) is 5. The fraction of sp³-hybridized carbons (Fsp3) is 0.364. The number of nitrogens with one attached hydrogen (secondary N) is 1.